The zero-order valence-electron chi connectivity index (χ0n) is 16.4. The van der Waals surface area contributed by atoms with Crippen molar-refractivity contribution in [1.82, 2.24) is 0 Å². The van der Waals surface area contributed by atoms with E-state index < -0.39 is 0 Å². The summed E-state index contributed by atoms with van der Waals surface area (Å²) in [6.45, 7) is 0. The van der Waals surface area contributed by atoms with Crippen molar-refractivity contribution in [3.05, 3.63) is 118 Å². The SMILES string of the molecule is O=Cc1ccccc1/C=C/c1ccc2ccccc2c1/C=C/c1ccccc1C=O. The molecule has 144 valence electrons. The van der Waals surface area contributed by atoms with Gasteiger partial charge in [0.25, 0.3) is 0 Å². The number of rotatable bonds is 6. The van der Waals surface area contributed by atoms with Gasteiger partial charge in [-0.15, -0.1) is 0 Å². The summed E-state index contributed by atoms with van der Waals surface area (Å²) >= 11 is 0. The highest BCUT2D eigenvalue weighted by atomic mass is 16.1. The van der Waals surface area contributed by atoms with Crippen LogP contribution in [0.15, 0.2) is 84.9 Å². The number of fused-ring (bicyclic) bond motifs is 1. The molecule has 4 rings (SSSR count). The van der Waals surface area contributed by atoms with Crippen LogP contribution in [0.3, 0.4) is 0 Å². The molecule has 4 aromatic carbocycles. The first-order chi connectivity index (χ1) is 14.8. The summed E-state index contributed by atoms with van der Waals surface area (Å²) in [5, 5.41) is 2.27. The third-order valence-electron chi connectivity index (χ3n) is 5.12. The van der Waals surface area contributed by atoms with Crippen molar-refractivity contribution in [1.29, 1.82) is 0 Å². The highest BCUT2D eigenvalue weighted by Crippen LogP contribution is 2.27. The molecule has 0 saturated carbocycles. The van der Waals surface area contributed by atoms with Crippen LogP contribution >= 0.6 is 0 Å². The quantitative estimate of drug-likeness (QED) is 0.269. The predicted octanol–water partition coefficient (Wildman–Crippen LogP) is 6.81. The molecule has 2 nitrogen and oxygen atoms in total. The lowest BCUT2D eigenvalue weighted by Crippen LogP contribution is -1.88. The average molecular weight is 388 g/mol. The van der Waals surface area contributed by atoms with Gasteiger partial charge in [0.1, 0.15) is 0 Å². The van der Waals surface area contributed by atoms with Gasteiger partial charge in [0.2, 0.25) is 0 Å². The zero-order valence-corrected chi connectivity index (χ0v) is 16.4. The van der Waals surface area contributed by atoms with E-state index in [-0.39, 0.29) is 0 Å². The van der Waals surface area contributed by atoms with Gasteiger partial charge in [-0.2, -0.15) is 0 Å². The van der Waals surface area contributed by atoms with Gasteiger partial charge >= 0.3 is 0 Å². The van der Waals surface area contributed by atoms with E-state index in [1.165, 1.54) is 0 Å². The minimum Gasteiger partial charge on any atom is -0.298 e. The van der Waals surface area contributed by atoms with Crippen molar-refractivity contribution >= 4 is 47.6 Å². The van der Waals surface area contributed by atoms with Gasteiger partial charge in [0.15, 0.2) is 12.6 Å². The molecule has 0 bridgehead atoms. The van der Waals surface area contributed by atoms with E-state index in [0.717, 1.165) is 45.6 Å². The molecule has 4 aromatic rings. The molecule has 0 atom stereocenters. The van der Waals surface area contributed by atoms with Gasteiger partial charge < -0.3 is 0 Å². The number of hydrogen-bond donors (Lipinski definition) is 0. The van der Waals surface area contributed by atoms with E-state index in [0.29, 0.717) is 11.1 Å². The normalized spacial score (nSPS) is 11.3. The fourth-order valence-corrected chi connectivity index (χ4v) is 3.54. The van der Waals surface area contributed by atoms with Gasteiger partial charge in [-0.3, -0.25) is 9.59 Å². The molecule has 30 heavy (non-hydrogen) atoms. The van der Waals surface area contributed by atoms with Crippen LogP contribution in [0, 0.1) is 0 Å². The lowest BCUT2D eigenvalue weighted by atomic mass is 9.96. The molecule has 0 spiro atoms. The highest BCUT2D eigenvalue weighted by Gasteiger charge is 2.05. The van der Waals surface area contributed by atoms with Crippen LogP contribution in [0.25, 0.3) is 35.1 Å². The van der Waals surface area contributed by atoms with Crippen molar-refractivity contribution in [2.75, 3.05) is 0 Å². The van der Waals surface area contributed by atoms with Crippen LogP contribution in [-0.4, -0.2) is 12.6 Å². The minimum atomic E-state index is 0.658. The van der Waals surface area contributed by atoms with E-state index in [2.05, 4.69) is 30.3 Å². The molecule has 0 aliphatic rings. The lowest BCUT2D eigenvalue weighted by molar-refractivity contribution is 0.111. The third kappa shape index (κ3) is 4.03. The molecular formula is C28H20O2. The second-order valence-corrected chi connectivity index (χ2v) is 6.95. The fourth-order valence-electron chi connectivity index (χ4n) is 3.54. The molecule has 2 heteroatoms. The summed E-state index contributed by atoms with van der Waals surface area (Å²) in [6.07, 6.45) is 9.76. The molecule has 0 aromatic heterocycles. The molecule has 0 aliphatic heterocycles. The number of benzene rings is 4. The molecular weight excluding hydrogens is 368 g/mol. The molecule has 0 unspecified atom stereocenters. The zero-order chi connectivity index (χ0) is 20.8. The molecule has 0 N–H and O–H groups in total. The van der Waals surface area contributed by atoms with E-state index >= 15 is 0 Å². The van der Waals surface area contributed by atoms with Crippen LogP contribution in [0.5, 0.6) is 0 Å². The second kappa shape index (κ2) is 8.97. The summed E-state index contributed by atoms with van der Waals surface area (Å²) in [4.78, 5) is 22.7. The maximum Gasteiger partial charge on any atom is 0.150 e. The number of aldehydes is 2. The summed E-state index contributed by atoms with van der Waals surface area (Å²) < 4.78 is 0. The average Bonchev–Trinajstić information content (AvgIpc) is 2.81. The van der Waals surface area contributed by atoms with Gasteiger partial charge in [0.05, 0.1) is 0 Å². The molecule has 0 radical (unpaired) electrons. The van der Waals surface area contributed by atoms with Gasteiger partial charge in [-0.1, -0.05) is 109 Å². The van der Waals surface area contributed by atoms with Crippen LogP contribution in [0.1, 0.15) is 43.0 Å². The maximum atomic E-state index is 11.4. The summed E-state index contributed by atoms with van der Waals surface area (Å²) in [7, 11) is 0. The van der Waals surface area contributed by atoms with E-state index in [1.807, 2.05) is 78.9 Å². The Bertz CT molecular complexity index is 1280. The Morgan fingerprint density at radius 1 is 0.433 bits per heavy atom. The largest absolute Gasteiger partial charge is 0.298 e. The summed E-state index contributed by atoms with van der Waals surface area (Å²) in [5.41, 5.74) is 5.17. The Hall–Kier alpha value is -4.04. The first kappa shape index (κ1) is 19.3. The van der Waals surface area contributed by atoms with Crippen molar-refractivity contribution in [3.63, 3.8) is 0 Å². The molecule has 0 aliphatic carbocycles. The van der Waals surface area contributed by atoms with Crippen molar-refractivity contribution in [3.8, 4) is 0 Å². The van der Waals surface area contributed by atoms with Crippen molar-refractivity contribution in [2.24, 2.45) is 0 Å². The molecule has 0 saturated heterocycles. The second-order valence-electron chi connectivity index (χ2n) is 6.95. The number of carbonyl (C=O) groups is 2. The fraction of sp³-hybridized carbons (Fsp3) is 0. The van der Waals surface area contributed by atoms with Gasteiger partial charge in [-0.05, 0) is 33.0 Å². The minimum absolute atomic E-state index is 0.658. The maximum absolute atomic E-state index is 11.4. The van der Waals surface area contributed by atoms with Gasteiger partial charge in [0, 0.05) is 11.1 Å². The van der Waals surface area contributed by atoms with Crippen LogP contribution < -0.4 is 0 Å². The Balaban J connectivity index is 1.82. The topological polar surface area (TPSA) is 34.1 Å². The van der Waals surface area contributed by atoms with E-state index in [1.54, 1.807) is 0 Å². The first-order valence-electron chi connectivity index (χ1n) is 9.76. The van der Waals surface area contributed by atoms with E-state index in [4.69, 9.17) is 0 Å². The third-order valence-corrected chi connectivity index (χ3v) is 5.12. The summed E-state index contributed by atoms with van der Waals surface area (Å²) in [6, 6.07) is 27.4. The first-order valence-corrected chi connectivity index (χ1v) is 9.76. The standard InChI is InChI=1S/C28H20O2/c29-19-25-10-3-1-7-21(25)13-14-24-16-15-23-9-5-6-12-27(23)28(24)18-17-22-8-2-4-11-26(22)20-30/h1-20H/b14-13+,18-17+. The predicted molar refractivity (Wildman–Crippen MR) is 125 cm³/mol. The lowest BCUT2D eigenvalue weighted by Gasteiger charge is -2.08. The van der Waals surface area contributed by atoms with Crippen LogP contribution in [-0.2, 0) is 0 Å². The molecule has 0 fully saturated rings. The van der Waals surface area contributed by atoms with Gasteiger partial charge in [-0.25, -0.2) is 0 Å². The Morgan fingerprint density at radius 3 is 1.57 bits per heavy atom. The Labute approximate surface area is 175 Å². The highest BCUT2D eigenvalue weighted by molar-refractivity contribution is 5.98. The van der Waals surface area contributed by atoms with E-state index in [9.17, 15) is 9.59 Å². The van der Waals surface area contributed by atoms with Crippen LogP contribution in [0.2, 0.25) is 0 Å². The molecule has 0 amide bonds. The smallest absolute Gasteiger partial charge is 0.150 e. The Morgan fingerprint density at radius 2 is 0.933 bits per heavy atom. The molecule has 0 heterocycles. The van der Waals surface area contributed by atoms with Crippen LogP contribution in [0.4, 0.5) is 0 Å². The van der Waals surface area contributed by atoms with Crippen molar-refractivity contribution in [2.45, 2.75) is 0 Å². The monoisotopic (exact) mass is 388 g/mol. The number of hydrogen-bond acceptors (Lipinski definition) is 2. The summed E-state index contributed by atoms with van der Waals surface area (Å²) in [5.74, 6) is 0. The van der Waals surface area contributed by atoms with Crippen molar-refractivity contribution < 1.29 is 9.59 Å². The number of carbonyl (C=O) groups excluding carboxylic acids is 2. The Kier molecular flexibility index (Phi) is 5.77.